The van der Waals surface area contributed by atoms with E-state index < -0.39 is 0 Å². The van der Waals surface area contributed by atoms with E-state index in [2.05, 4.69) is 48.3 Å². The zero-order valence-electron chi connectivity index (χ0n) is 12.9. The second-order valence-corrected chi connectivity index (χ2v) is 5.72. The molecule has 1 aliphatic heterocycles. The van der Waals surface area contributed by atoms with Gasteiger partial charge in [0.2, 0.25) is 5.91 Å². The minimum absolute atomic E-state index is 0.0756. The van der Waals surface area contributed by atoms with E-state index in [0.717, 1.165) is 19.6 Å². The van der Waals surface area contributed by atoms with Crippen LogP contribution < -0.4 is 5.32 Å². The van der Waals surface area contributed by atoms with Gasteiger partial charge in [0.1, 0.15) is 6.04 Å². The number of aryl methyl sites for hydroxylation is 1. The summed E-state index contributed by atoms with van der Waals surface area (Å²) in [6.45, 7) is 6.90. The summed E-state index contributed by atoms with van der Waals surface area (Å²) >= 11 is 0. The van der Waals surface area contributed by atoms with E-state index in [1.165, 1.54) is 11.1 Å². The van der Waals surface area contributed by atoms with Crippen LogP contribution in [0.3, 0.4) is 0 Å². The van der Waals surface area contributed by atoms with Crippen LogP contribution in [0.5, 0.6) is 0 Å². The number of piperazine rings is 1. The molecule has 0 saturated carbocycles. The Bertz CT molecular complexity index is 473. The number of amides is 1. The van der Waals surface area contributed by atoms with Crippen molar-refractivity contribution >= 4 is 5.91 Å². The number of likely N-dealkylation sites (N-methyl/N-ethyl adjacent to an activating group) is 1. The highest BCUT2D eigenvalue weighted by Gasteiger charge is 2.33. The van der Waals surface area contributed by atoms with E-state index in [4.69, 9.17) is 0 Å². The SMILES string of the molecule is Cc1ccccc1C(C)N1CCNCC1C(=O)N(C)C. The van der Waals surface area contributed by atoms with E-state index >= 15 is 0 Å². The van der Waals surface area contributed by atoms with Crippen LogP contribution in [0, 0.1) is 6.92 Å². The van der Waals surface area contributed by atoms with E-state index in [9.17, 15) is 4.79 Å². The molecule has 4 heteroatoms. The van der Waals surface area contributed by atoms with Crippen molar-refractivity contribution in [2.24, 2.45) is 0 Å². The van der Waals surface area contributed by atoms with Crippen LogP contribution in [0.1, 0.15) is 24.1 Å². The summed E-state index contributed by atoms with van der Waals surface area (Å²) in [5, 5.41) is 3.33. The van der Waals surface area contributed by atoms with Crippen molar-refractivity contribution in [3.63, 3.8) is 0 Å². The summed E-state index contributed by atoms with van der Waals surface area (Å²) in [6.07, 6.45) is 0. The molecular weight excluding hydrogens is 250 g/mol. The predicted octanol–water partition coefficient (Wildman–Crippen LogP) is 1.42. The van der Waals surface area contributed by atoms with E-state index in [0.29, 0.717) is 0 Å². The van der Waals surface area contributed by atoms with Crippen molar-refractivity contribution in [3.05, 3.63) is 35.4 Å². The van der Waals surface area contributed by atoms with E-state index in [-0.39, 0.29) is 18.0 Å². The van der Waals surface area contributed by atoms with Crippen LogP contribution in [0.4, 0.5) is 0 Å². The fourth-order valence-corrected chi connectivity index (χ4v) is 2.94. The molecule has 2 unspecified atom stereocenters. The lowest BCUT2D eigenvalue weighted by Gasteiger charge is -2.40. The van der Waals surface area contributed by atoms with Gasteiger partial charge in [0.05, 0.1) is 0 Å². The van der Waals surface area contributed by atoms with E-state index in [1.54, 1.807) is 4.90 Å². The molecule has 4 nitrogen and oxygen atoms in total. The Morgan fingerprint density at radius 3 is 2.75 bits per heavy atom. The number of benzene rings is 1. The van der Waals surface area contributed by atoms with Gasteiger partial charge in [0.25, 0.3) is 0 Å². The maximum absolute atomic E-state index is 12.4. The molecule has 1 heterocycles. The topological polar surface area (TPSA) is 35.6 Å². The molecule has 0 bridgehead atoms. The van der Waals surface area contributed by atoms with Gasteiger partial charge in [-0.15, -0.1) is 0 Å². The first-order valence-electron chi connectivity index (χ1n) is 7.25. The molecule has 1 amide bonds. The maximum Gasteiger partial charge on any atom is 0.240 e. The average molecular weight is 275 g/mol. The fraction of sp³-hybridized carbons (Fsp3) is 0.562. The number of nitrogens with zero attached hydrogens (tertiary/aromatic N) is 2. The van der Waals surface area contributed by atoms with Crippen molar-refractivity contribution in [2.75, 3.05) is 33.7 Å². The second kappa shape index (κ2) is 6.37. The smallest absolute Gasteiger partial charge is 0.240 e. The standard InChI is InChI=1S/C16H25N3O/c1-12-7-5-6-8-14(12)13(2)19-10-9-17-11-15(19)16(20)18(3)4/h5-8,13,15,17H,9-11H2,1-4H3. The van der Waals surface area contributed by atoms with Crippen LogP contribution >= 0.6 is 0 Å². The first-order chi connectivity index (χ1) is 9.52. The molecule has 110 valence electrons. The normalized spacial score (nSPS) is 21.5. The molecule has 0 aromatic heterocycles. The zero-order chi connectivity index (χ0) is 14.7. The Morgan fingerprint density at radius 1 is 1.40 bits per heavy atom. The van der Waals surface area contributed by atoms with Gasteiger partial charge in [0, 0.05) is 39.8 Å². The highest BCUT2D eigenvalue weighted by atomic mass is 16.2. The van der Waals surface area contributed by atoms with Gasteiger partial charge in [-0.2, -0.15) is 0 Å². The van der Waals surface area contributed by atoms with Crippen LogP contribution in [0.15, 0.2) is 24.3 Å². The molecule has 0 radical (unpaired) electrons. The molecule has 20 heavy (non-hydrogen) atoms. The minimum atomic E-state index is -0.0756. The van der Waals surface area contributed by atoms with Gasteiger partial charge < -0.3 is 10.2 Å². The number of hydrogen-bond donors (Lipinski definition) is 1. The maximum atomic E-state index is 12.4. The van der Waals surface area contributed by atoms with Crippen LogP contribution in [0.25, 0.3) is 0 Å². The Hall–Kier alpha value is -1.39. The molecule has 1 N–H and O–H groups in total. The van der Waals surface area contributed by atoms with Gasteiger partial charge in [-0.1, -0.05) is 24.3 Å². The number of nitrogens with one attached hydrogen (secondary N) is 1. The monoisotopic (exact) mass is 275 g/mol. The third-order valence-electron chi connectivity index (χ3n) is 4.15. The minimum Gasteiger partial charge on any atom is -0.347 e. The average Bonchev–Trinajstić information content (AvgIpc) is 2.46. The Labute approximate surface area is 121 Å². The van der Waals surface area contributed by atoms with Crippen molar-refractivity contribution in [3.8, 4) is 0 Å². The van der Waals surface area contributed by atoms with E-state index in [1.807, 2.05) is 14.1 Å². The lowest BCUT2D eigenvalue weighted by molar-refractivity contribution is -0.136. The summed E-state index contributed by atoms with van der Waals surface area (Å²) in [4.78, 5) is 16.4. The number of hydrogen-bond acceptors (Lipinski definition) is 3. The highest BCUT2D eigenvalue weighted by molar-refractivity contribution is 5.81. The lowest BCUT2D eigenvalue weighted by atomic mass is 9.98. The number of rotatable bonds is 3. The first-order valence-corrected chi connectivity index (χ1v) is 7.25. The molecule has 2 atom stereocenters. The Morgan fingerprint density at radius 2 is 2.10 bits per heavy atom. The summed E-state index contributed by atoms with van der Waals surface area (Å²) in [7, 11) is 3.65. The molecule has 1 fully saturated rings. The largest absolute Gasteiger partial charge is 0.347 e. The fourth-order valence-electron chi connectivity index (χ4n) is 2.94. The molecule has 1 aromatic rings. The number of carbonyl (C=O) groups excluding carboxylic acids is 1. The third-order valence-corrected chi connectivity index (χ3v) is 4.15. The van der Waals surface area contributed by atoms with Crippen molar-refractivity contribution < 1.29 is 4.79 Å². The molecule has 0 spiro atoms. The summed E-state index contributed by atoms with van der Waals surface area (Å²) in [6, 6.07) is 8.62. The quantitative estimate of drug-likeness (QED) is 0.906. The molecular formula is C16H25N3O. The molecule has 1 aromatic carbocycles. The third kappa shape index (κ3) is 3.02. The molecule has 1 saturated heterocycles. The number of carbonyl (C=O) groups is 1. The summed E-state index contributed by atoms with van der Waals surface area (Å²) < 4.78 is 0. The van der Waals surface area contributed by atoms with Gasteiger partial charge in [0.15, 0.2) is 0 Å². The molecule has 2 rings (SSSR count). The van der Waals surface area contributed by atoms with Gasteiger partial charge in [-0.05, 0) is 25.0 Å². The summed E-state index contributed by atoms with van der Waals surface area (Å²) in [5.41, 5.74) is 2.60. The highest BCUT2D eigenvalue weighted by Crippen LogP contribution is 2.26. The first kappa shape index (κ1) is 15.0. The van der Waals surface area contributed by atoms with Gasteiger partial charge in [-0.25, -0.2) is 0 Å². The van der Waals surface area contributed by atoms with Crippen LogP contribution in [0.2, 0.25) is 0 Å². The van der Waals surface area contributed by atoms with Gasteiger partial charge in [-0.3, -0.25) is 9.69 Å². The molecule has 0 aliphatic carbocycles. The molecule has 1 aliphatic rings. The zero-order valence-corrected chi connectivity index (χ0v) is 12.9. The van der Waals surface area contributed by atoms with Crippen molar-refractivity contribution in [1.29, 1.82) is 0 Å². The lowest BCUT2D eigenvalue weighted by Crippen LogP contribution is -2.58. The predicted molar refractivity (Wildman–Crippen MR) is 81.7 cm³/mol. The summed E-state index contributed by atoms with van der Waals surface area (Å²) in [5.74, 6) is 0.178. The van der Waals surface area contributed by atoms with Gasteiger partial charge >= 0.3 is 0 Å². The second-order valence-electron chi connectivity index (χ2n) is 5.72. The van der Waals surface area contributed by atoms with Crippen LogP contribution in [-0.2, 0) is 4.79 Å². The Balaban J connectivity index is 2.24. The van der Waals surface area contributed by atoms with Crippen LogP contribution in [-0.4, -0.2) is 55.5 Å². The van der Waals surface area contributed by atoms with Crippen molar-refractivity contribution in [1.82, 2.24) is 15.1 Å². The Kier molecular flexibility index (Phi) is 4.78. The van der Waals surface area contributed by atoms with Crippen molar-refractivity contribution in [2.45, 2.75) is 25.9 Å².